The highest BCUT2D eigenvalue weighted by Gasteiger charge is 2.15. The van der Waals surface area contributed by atoms with Crippen LogP contribution in [0.15, 0.2) is 12.4 Å². The minimum Gasteiger partial charge on any atom is -0.234 e. The number of hydrogen-bond acceptors (Lipinski definition) is 0. The molecule has 0 saturated heterocycles. The summed E-state index contributed by atoms with van der Waals surface area (Å²) in [7, 11) is 0. The zero-order chi connectivity index (χ0) is 18.2. The highest BCUT2D eigenvalue weighted by Crippen LogP contribution is 2.10. The molecular formula is C23H45N2+. The summed E-state index contributed by atoms with van der Waals surface area (Å²) < 4.78 is 5.06. The Kier molecular flexibility index (Phi) is 13.8. The molecule has 1 rings (SSSR count). The van der Waals surface area contributed by atoms with Crippen LogP contribution in [0.5, 0.6) is 0 Å². The highest BCUT2D eigenvalue weighted by molar-refractivity contribution is 4.84. The normalized spacial score (nSPS) is 11.3. The number of nitrogens with zero attached hydrogens (tertiary/aromatic N) is 2. The Labute approximate surface area is 158 Å². The Morgan fingerprint density at radius 2 is 1.24 bits per heavy atom. The largest absolute Gasteiger partial charge is 0.256 e. The molecule has 0 bridgehead atoms. The molecule has 0 unspecified atom stereocenters. The van der Waals surface area contributed by atoms with Crippen LogP contribution < -0.4 is 4.57 Å². The predicted molar refractivity (Wildman–Crippen MR) is 110 cm³/mol. The smallest absolute Gasteiger partial charge is 0.234 e. The van der Waals surface area contributed by atoms with Crippen LogP contribution in [0.1, 0.15) is 116 Å². The van der Waals surface area contributed by atoms with E-state index in [0.29, 0.717) is 0 Å². The minimum absolute atomic E-state index is 1.21. The fourth-order valence-electron chi connectivity index (χ4n) is 3.72. The fourth-order valence-corrected chi connectivity index (χ4v) is 3.72. The first-order valence-electron chi connectivity index (χ1n) is 11.4. The van der Waals surface area contributed by atoms with Crippen molar-refractivity contribution in [2.24, 2.45) is 0 Å². The van der Waals surface area contributed by atoms with E-state index >= 15 is 0 Å². The van der Waals surface area contributed by atoms with Crippen molar-refractivity contribution in [3.63, 3.8) is 0 Å². The van der Waals surface area contributed by atoms with Crippen molar-refractivity contribution in [3.8, 4) is 0 Å². The summed E-state index contributed by atoms with van der Waals surface area (Å²) in [6.45, 7) is 9.32. The van der Waals surface area contributed by atoms with Crippen LogP contribution in [-0.4, -0.2) is 4.57 Å². The number of aryl methyl sites for hydroxylation is 2. The zero-order valence-electron chi connectivity index (χ0n) is 17.6. The van der Waals surface area contributed by atoms with Gasteiger partial charge in [-0.1, -0.05) is 78.6 Å². The van der Waals surface area contributed by atoms with Crippen LogP contribution >= 0.6 is 0 Å². The van der Waals surface area contributed by atoms with E-state index in [0.717, 1.165) is 0 Å². The second-order valence-corrected chi connectivity index (χ2v) is 7.74. The van der Waals surface area contributed by atoms with E-state index in [9.17, 15) is 0 Å². The second-order valence-electron chi connectivity index (χ2n) is 7.74. The third-order valence-electron chi connectivity index (χ3n) is 5.32. The van der Waals surface area contributed by atoms with Crippen molar-refractivity contribution >= 4 is 0 Å². The topological polar surface area (TPSA) is 8.81 Å². The highest BCUT2D eigenvalue weighted by atomic mass is 15.1. The standard InChI is InChI=1S/C23H45N2/c1-4-7-9-11-12-13-15-17-20-25-22-21-24(23(25)18-6-3)19-16-14-10-8-5-2/h21-22H,4-20H2,1-3H3/q+1. The molecular weight excluding hydrogens is 304 g/mol. The molecule has 2 heteroatoms. The Morgan fingerprint density at radius 3 is 1.84 bits per heavy atom. The maximum absolute atomic E-state index is 2.53. The van der Waals surface area contributed by atoms with Gasteiger partial charge in [0.05, 0.1) is 13.1 Å². The molecule has 0 N–H and O–H groups in total. The third-order valence-corrected chi connectivity index (χ3v) is 5.32. The van der Waals surface area contributed by atoms with Crippen LogP contribution in [0.2, 0.25) is 0 Å². The van der Waals surface area contributed by atoms with E-state index in [-0.39, 0.29) is 0 Å². The van der Waals surface area contributed by atoms with E-state index in [1.165, 1.54) is 109 Å². The number of hydrogen-bond donors (Lipinski definition) is 0. The summed E-state index contributed by atoms with van der Waals surface area (Å²) in [5, 5.41) is 0. The molecule has 1 heterocycles. The van der Waals surface area contributed by atoms with Gasteiger partial charge in [-0.25, -0.2) is 9.13 Å². The van der Waals surface area contributed by atoms with Gasteiger partial charge >= 0.3 is 0 Å². The molecule has 0 fully saturated rings. The molecule has 0 aliphatic heterocycles. The first kappa shape index (κ1) is 22.3. The van der Waals surface area contributed by atoms with E-state index in [1.807, 2.05) is 0 Å². The van der Waals surface area contributed by atoms with Crippen molar-refractivity contribution in [1.82, 2.24) is 4.57 Å². The monoisotopic (exact) mass is 349 g/mol. The summed E-state index contributed by atoms with van der Waals surface area (Å²) in [4.78, 5) is 0. The van der Waals surface area contributed by atoms with Gasteiger partial charge in [0.2, 0.25) is 0 Å². The summed E-state index contributed by atoms with van der Waals surface area (Å²) in [6, 6.07) is 0. The third kappa shape index (κ3) is 10.1. The summed E-state index contributed by atoms with van der Waals surface area (Å²) in [5.74, 6) is 1.56. The lowest BCUT2D eigenvalue weighted by molar-refractivity contribution is -0.704. The van der Waals surface area contributed by atoms with E-state index in [2.05, 4.69) is 42.3 Å². The molecule has 25 heavy (non-hydrogen) atoms. The van der Waals surface area contributed by atoms with E-state index in [4.69, 9.17) is 0 Å². The Morgan fingerprint density at radius 1 is 0.680 bits per heavy atom. The van der Waals surface area contributed by atoms with Gasteiger partial charge in [-0.3, -0.25) is 0 Å². The number of rotatable bonds is 17. The van der Waals surface area contributed by atoms with Crippen LogP contribution in [0.25, 0.3) is 0 Å². The van der Waals surface area contributed by atoms with Crippen molar-refractivity contribution in [2.45, 2.75) is 130 Å². The van der Waals surface area contributed by atoms with Crippen molar-refractivity contribution in [3.05, 3.63) is 18.2 Å². The second kappa shape index (κ2) is 15.5. The Balaban J connectivity index is 2.28. The number of imidazole rings is 1. The van der Waals surface area contributed by atoms with Crippen LogP contribution in [0.4, 0.5) is 0 Å². The molecule has 0 aliphatic rings. The minimum atomic E-state index is 1.21. The van der Waals surface area contributed by atoms with Gasteiger partial charge in [-0.05, 0) is 32.1 Å². The van der Waals surface area contributed by atoms with Crippen LogP contribution in [-0.2, 0) is 19.5 Å². The lowest BCUT2D eigenvalue weighted by Crippen LogP contribution is -2.37. The van der Waals surface area contributed by atoms with Crippen molar-refractivity contribution in [2.75, 3.05) is 0 Å². The van der Waals surface area contributed by atoms with Gasteiger partial charge in [0.15, 0.2) is 0 Å². The van der Waals surface area contributed by atoms with Gasteiger partial charge in [-0.15, -0.1) is 0 Å². The molecule has 0 amide bonds. The predicted octanol–water partition coefficient (Wildman–Crippen LogP) is 6.84. The molecule has 0 spiro atoms. The van der Waals surface area contributed by atoms with E-state index in [1.54, 1.807) is 5.82 Å². The quantitative estimate of drug-likeness (QED) is 0.215. The molecule has 0 radical (unpaired) electrons. The fraction of sp³-hybridized carbons (Fsp3) is 0.870. The maximum Gasteiger partial charge on any atom is 0.256 e. The maximum atomic E-state index is 2.53. The molecule has 2 nitrogen and oxygen atoms in total. The number of aromatic nitrogens is 2. The average Bonchev–Trinajstić information content (AvgIpc) is 2.99. The first-order valence-corrected chi connectivity index (χ1v) is 11.4. The zero-order valence-corrected chi connectivity index (χ0v) is 17.6. The Hall–Kier alpha value is -0.790. The average molecular weight is 350 g/mol. The lowest BCUT2D eigenvalue weighted by Gasteiger charge is -2.05. The molecule has 1 aromatic rings. The molecule has 146 valence electrons. The first-order chi connectivity index (χ1) is 12.3. The molecule has 0 atom stereocenters. The van der Waals surface area contributed by atoms with Gasteiger partial charge in [-0.2, -0.15) is 0 Å². The van der Waals surface area contributed by atoms with Crippen LogP contribution in [0, 0.1) is 0 Å². The van der Waals surface area contributed by atoms with Crippen LogP contribution in [0.3, 0.4) is 0 Å². The lowest BCUT2D eigenvalue weighted by atomic mass is 10.1. The van der Waals surface area contributed by atoms with Crippen molar-refractivity contribution < 1.29 is 4.57 Å². The molecule has 0 aliphatic carbocycles. The van der Waals surface area contributed by atoms with Crippen molar-refractivity contribution in [1.29, 1.82) is 0 Å². The van der Waals surface area contributed by atoms with E-state index < -0.39 is 0 Å². The summed E-state index contributed by atoms with van der Waals surface area (Å²) >= 11 is 0. The number of unbranched alkanes of at least 4 members (excludes halogenated alkanes) is 11. The summed E-state index contributed by atoms with van der Waals surface area (Å²) in [5.41, 5.74) is 0. The van der Waals surface area contributed by atoms with Gasteiger partial charge < -0.3 is 0 Å². The molecule has 0 saturated carbocycles. The summed E-state index contributed by atoms with van der Waals surface area (Å²) in [6.07, 6.45) is 25.2. The van der Waals surface area contributed by atoms with Gasteiger partial charge in [0.1, 0.15) is 12.4 Å². The Bertz CT molecular complexity index is 408. The molecule has 0 aromatic carbocycles. The van der Waals surface area contributed by atoms with Gasteiger partial charge in [0, 0.05) is 6.42 Å². The SMILES string of the molecule is CCCCCCCCCCn1cc[n+](CCCCCCC)c1CCC. The van der Waals surface area contributed by atoms with Gasteiger partial charge in [0.25, 0.3) is 5.82 Å². The molecule has 1 aromatic heterocycles.